The molecule has 2 saturated heterocycles. The van der Waals surface area contributed by atoms with Crippen molar-refractivity contribution in [3.8, 4) is 0 Å². The van der Waals surface area contributed by atoms with E-state index in [1.807, 2.05) is 0 Å². The Bertz CT molecular complexity index is 589. The van der Waals surface area contributed by atoms with Gasteiger partial charge in [0.05, 0.1) is 35.7 Å². The lowest BCUT2D eigenvalue weighted by Gasteiger charge is -2.32. The van der Waals surface area contributed by atoms with E-state index in [1.165, 1.54) is 22.8 Å². The molecule has 0 radical (unpaired) electrons. The Morgan fingerprint density at radius 2 is 2.45 bits per heavy atom. The Labute approximate surface area is 118 Å². The summed E-state index contributed by atoms with van der Waals surface area (Å²) in [5, 5.41) is 17.1. The number of thioether (sulfide) groups is 1. The van der Waals surface area contributed by atoms with Crippen molar-refractivity contribution in [3.05, 3.63) is 11.9 Å². The predicted octanol–water partition coefficient (Wildman–Crippen LogP) is -0.391. The molecule has 8 nitrogen and oxygen atoms in total. The van der Waals surface area contributed by atoms with E-state index in [0.29, 0.717) is 19.3 Å². The highest BCUT2D eigenvalue weighted by atomic mass is 32.2. The number of fused-ring (bicyclic) bond motifs is 1. The van der Waals surface area contributed by atoms with E-state index in [2.05, 4.69) is 10.2 Å². The van der Waals surface area contributed by atoms with Crippen LogP contribution in [0.1, 0.15) is 23.3 Å². The lowest BCUT2D eigenvalue weighted by Crippen LogP contribution is -2.48. The number of nitrogens with zero attached hydrogens (tertiary/aromatic N) is 4. The quantitative estimate of drug-likeness (QED) is 0.582. The first-order chi connectivity index (χ1) is 9.51. The van der Waals surface area contributed by atoms with Crippen LogP contribution < -0.4 is 0 Å². The van der Waals surface area contributed by atoms with Crippen molar-refractivity contribution in [2.45, 2.75) is 29.5 Å². The predicted molar refractivity (Wildman–Crippen MR) is 68.1 cm³/mol. The molecule has 3 rings (SSSR count). The smallest absolute Gasteiger partial charge is 0.304 e. The molecule has 3 heterocycles. The van der Waals surface area contributed by atoms with Gasteiger partial charge in [-0.05, 0) is 0 Å². The van der Waals surface area contributed by atoms with Gasteiger partial charge in [-0.25, -0.2) is 0 Å². The molecule has 0 aromatic carbocycles. The SMILES string of the molecule is O=Cc1cnn(C[C@@]2(CC(=O)O)CN3C(=O)C[C@@H]3S2)n1. The second kappa shape index (κ2) is 4.58. The number of aromatic nitrogens is 3. The Morgan fingerprint density at radius 3 is 3.00 bits per heavy atom. The van der Waals surface area contributed by atoms with Crippen LogP contribution in [0.25, 0.3) is 0 Å². The van der Waals surface area contributed by atoms with Crippen molar-refractivity contribution in [1.29, 1.82) is 0 Å². The number of β-lactam (4-membered cyclic amide) rings is 1. The molecule has 20 heavy (non-hydrogen) atoms. The minimum atomic E-state index is -0.921. The summed E-state index contributed by atoms with van der Waals surface area (Å²) >= 11 is 1.49. The van der Waals surface area contributed by atoms with Crippen molar-refractivity contribution < 1.29 is 19.5 Å². The fourth-order valence-electron chi connectivity index (χ4n) is 2.57. The average molecular weight is 296 g/mol. The lowest BCUT2D eigenvalue weighted by molar-refractivity contribution is -0.142. The normalized spacial score (nSPS) is 28.1. The van der Waals surface area contributed by atoms with Crippen molar-refractivity contribution in [2.24, 2.45) is 0 Å². The highest BCUT2D eigenvalue weighted by Gasteiger charge is 2.53. The second-order valence-corrected chi connectivity index (χ2v) is 6.62. The summed E-state index contributed by atoms with van der Waals surface area (Å²) < 4.78 is -0.637. The number of hydrogen-bond acceptors (Lipinski definition) is 6. The number of carboxylic acids is 1. The van der Waals surface area contributed by atoms with Crippen LogP contribution in [-0.2, 0) is 16.1 Å². The molecule has 0 spiro atoms. The van der Waals surface area contributed by atoms with Crippen LogP contribution >= 0.6 is 11.8 Å². The number of amides is 1. The molecule has 2 aliphatic rings. The van der Waals surface area contributed by atoms with Gasteiger partial charge >= 0.3 is 5.97 Å². The van der Waals surface area contributed by atoms with Crippen LogP contribution in [0, 0.1) is 0 Å². The molecule has 0 bridgehead atoms. The summed E-state index contributed by atoms with van der Waals surface area (Å²) in [6.45, 7) is 0.642. The third kappa shape index (κ3) is 2.17. The number of aldehydes is 1. The molecule has 106 valence electrons. The van der Waals surface area contributed by atoms with Crippen LogP contribution in [0.15, 0.2) is 6.20 Å². The van der Waals surface area contributed by atoms with Gasteiger partial charge in [-0.1, -0.05) is 0 Å². The molecule has 0 aliphatic carbocycles. The molecule has 2 atom stereocenters. The fraction of sp³-hybridized carbons (Fsp3) is 0.545. The zero-order valence-electron chi connectivity index (χ0n) is 10.4. The summed E-state index contributed by atoms with van der Waals surface area (Å²) in [5.74, 6) is -0.869. The minimum Gasteiger partial charge on any atom is -0.481 e. The van der Waals surface area contributed by atoms with Gasteiger partial charge in [0, 0.05) is 6.54 Å². The summed E-state index contributed by atoms with van der Waals surface area (Å²) in [4.78, 5) is 36.2. The Hall–Kier alpha value is -1.90. The molecule has 1 N–H and O–H groups in total. The third-order valence-corrected chi connectivity index (χ3v) is 5.04. The second-order valence-electron chi connectivity index (χ2n) is 4.97. The first-order valence-electron chi connectivity index (χ1n) is 6.06. The molecule has 2 fully saturated rings. The zero-order chi connectivity index (χ0) is 14.3. The number of carbonyl (C=O) groups excluding carboxylic acids is 2. The molecule has 1 aromatic heterocycles. The summed E-state index contributed by atoms with van der Waals surface area (Å²) in [6.07, 6.45) is 2.31. The molecule has 0 saturated carbocycles. The van der Waals surface area contributed by atoms with E-state index in [-0.39, 0.29) is 29.9 Å². The van der Waals surface area contributed by atoms with Crippen LogP contribution in [-0.4, -0.2) is 59.8 Å². The largest absolute Gasteiger partial charge is 0.481 e. The van der Waals surface area contributed by atoms with Gasteiger partial charge in [0.25, 0.3) is 0 Å². The van der Waals surface area contributed by atoms with Gasteiger partial charge in [-0.3, -0.25) is 14.4 Å². The maximum absolute atomic E-state index is 11.5. The number of carboxylic acid groups (broad SMARTS) is 1. The Morgan fingerprint density at radius 1 is 1.65 bits per heavy atom. The van der Waals surface area contributed by atoms with Gasteiger partial charge in [0.2, 0.25) is 5.91 Å². The molecule has 2 aliphatic heterocycles. The monoisotopic (exact) mass is 296 g/mol. The minimum absolute atomic E-state index is 0.0526. The third-order valence-electron chi connectivity index (χ3n) is 3.44. The zero-order valence-corrected chi connectivity index (χ0v) is 11.2. The molecular formula is C11H12N4O4S. The highest BCUT2D eigenvalue weighted by Crippen LogP contribution is 2.49. The molecule has 1 amide bonds. The van der Waals surface area contributed by atoms with Crippen LogP contribution in [0.4, 0.5) is 0 Å². The maximum atomic E-state index is 11.5. The van der Waals surface area contributed by atoms with E-state index >= 15 is 0 Å². The van der Waals surface area contributed by atoms with Crippen molar-refractivity contribution in [2.75, 3.05) is 6.54 Å². The molecule has 0 unspecified atom stereocenters. The van der Waals surface area contributed by atoms with Crippen molar-refractivity contribution in [3.63, 3.8) is 0 Å². The summed E-state index contributed by atoms with van der Waals surface area (Å²) in [6, 6.07) is 0. The van der Waals surface area contributed by atoms with Crippen molar-refractivity contribution >= 4 is 29.9 Å². The first kappa shape index (κ1) is 13.1. The summed E-state index contributed by atoms with van der Waals surface area (Å²) in [5.41, 5.74) is 0.206. The van der Waals surface area contributed by atoms with E-state index in [0.717, 1.165) is 0 Å². The summed E-state index contributed by atoms with van der Waals surface area (Å²) in [7, 11) is 0. The topological polar surface area (TPSA) is 105 Å². The van der Waals surface area contributed by atoms with Gasteiger partial charge in [0.15, 0.2) is 6.29 Å². The van der Waals surface area contributed by atoms with E-state index in [1.54, 1.807) is 4.90 Å². The Balaban J connectivity index is 1.81. The molecule has 9 heteroatoms. The van der Waals surface area contributed by atoms with E-state index in [4.69, 9.17) is 5.11 Å². The Kier molecular flexibility index (Phi) is 3.00. The van der Waals surface area contributed by atoms with Crippen molar-refractivity contribution in [1.82, 2.24) is 19.9 Å². The van der Waals surface area contributed by atoms with Crippen LogP contribution in [0.5, 0.6) is 0 Å². The maximum Gasteiger partial charge on any atom is 0.304 e. The highest BCUT2D eigenvalue weighted by molar-refractivity contribution is 8.01. The van der Waals surface area contributed by atoms with Gasteiger partial charge in [-0.15, -0.1) is 11.8 Å². The van der Waals surface area contributed by atoms with Gasteiger partial charge in [-0.2, -0.15) is 15.0 Å². The number of carbonyl (C=O) groups is 3. The van der Waals surface area contributed by atoms with Gasteiger partial charge < -0.3 is 10.0 Å². The van der Waals surface area contributed by atoms with E-state index < -0.39 is 10.7 Å². The standard InChI is InChI=1S/C11H12N4O4S/c16-4-7-3-12-15(13-7)6-11(2-10(18)19)5-14-8(17)1-9(14)20-11/h3-4,9H,1-2,5-6H2,(H,18,19)/t9-,11+/m0/s1. The number of rotatable bonds is 5. The average Bonchev–Trinajstić information content (AvgIpc) is 2.92. The van der Waals surface area contributed by atoms with Crippen LogP contribution in [0.3, 0.4) is 0 Å². The molecular weight excluding hydrogens is 284 g/mol. The number of hydrogen-bond donors (Lipinski definition) is 1. The molecule has 1 aromatic rings. The van der Waals surface area contributed by atoms with Crippen LogP contribution in [0.2, 0.25) is 0 Å². The van der Waals surface area contributed by atoms with E-state index in [9.17, 15) is 14.4 Å². The fourth-order valence-corrected chi connectivity index (χ4v) is 4.30. The van der Waals surface area contributed by atoms with Gasteiger partial charge in [0.1, 0.15) is 5.69 Å². The first-order valence-corrected chi connectivity index (χ1v) is 6.94. The lowest BCUT2D eigenvalue weighted by atomic mass is 10.0. The number of aliphatic carboxylic acids is 1.